The first-order valence-electron chi connectivity index (χ1n) is 5.44. The van der Waals surface area contributed by atoms with E-state index in [0.29, 0.717) is 5.56 Å². The van der Waals surface area contributed by atoms with Crippen molar-refractivity contribution in [1.29, 1.82) is 0 Å². The van der Waals surface area contributed by atoms with E-state index >= 15 is 0 Å². The van der Waals surface area contributed by atoms with Gasteiger partial charge < -0.3 is 15.1 Å². The Morgan fingerprint density at radius 1 is 1.27 bits per heavy atom. The molecule has 1 heterocycles. The molecule has 1 saturated heterocycles. The maximum Gasteiger partial charge on any atom is 0.123 e. The van der Waals surface area contributed by atoms with Crippen molar-refractivity contribution in [2.24, 2.45) is 0 Å². The van der Waals surface area contributed by atoms with Gasteiger partial charge in [0.25, 0.3) is 0 Å². The Labute approximate surface area is 90.0 Å². The number of anilines is 1. The highest BCUT2D eigenvalue weighted by Crippen LogP contribution is 2.30. The zero-order valence-corrected chi connectivity index (χ0v) is 8.98. The van der Waals surface area contributed by atoms with Gasteiger partial charge in [0.15, 0.2) is 0 Å². The Balaban J connectivity index is 2.24. The maximum atomic E-state index is 9.74. The van der Waals surface area contributed by atoms with Gasteiger partial charge in [-0.25, -0.2) is 0 Å². The molecule has 2 N–H and O–H groups in total. The van der Waals surface area contributed by atoms with Crippen molar-refractivity contribution in [3.63, 3.8) is 0 Å². The van der Waals surface area contributed by atoms with Crippen LogP contribution < -0.4 is 4.90 Å². The first kappa shape index (κ1) is 10.3. The van der Waals surface area contributed by atoms with Gasteiger partial charge in [-0.3, -0.25) is 0 Å². The van der Waals surface area contributed by atoms with Gasteiger partial charge in [-0.2, -0.15) is 0 Å². The molecule has 1 aliphatic rings. The van der Waals surface area contributed by atoms with E-state index in [9.17, 15) is 10.2 Å². The summed E-state index contributed by atoms with van der Waals surface area (Å²) in [6.45, 7) is 3.78. The molecule has 0 saturated carbocycles. The normalized spacial score (nSPS) is 18.1. The molecular formula is C12H17NO2. The molecule has 2 rings (SSSR count). The molecule has 82 valence electrons. The van der Waals surface area contributed by atoms with Gasteiger partial charge in [0, 0.05) is 30.4 Å². The molecule has 0 aliphatic carbocycles. The Bertz CT molecular complexity index is 343. The first-order chi connectivity index (χ1) is 7.18. The third-order valence-electron chi connectivity index (χ3n) is 2.94. The highest BCUT2D eigenvalue weighted by atomic mass is 16.3. The quantitative estimate of drug-likeness (QED) is 0.780. The van der Waals surface area contributed by atoms with Crippen LogP contribution >= 0.6 is 0 Å². The van der Waals surface area contributed by atoms with E-state index in [-0.39, 0.29) is 5.75 Å². The largest absolute Gasteiger partial charge is 0.507 e. The van der Waals surface area contributed by atoms with Crippen molar-refractivity contribution in [3.05, 3.63) is 23.8 Å². The van der Waals surface area contributed by atoms with Crippen LogP contribution in [-0.2, 0) is 0 Å². The van der Waals surface area contributed by atoms with Crippen LogP contribution in [0.15, 0.2) is 18.2 Å². The van der Waals surface area contributed by atoms with Crippen LogP contribution in [0, 0.1) is 0 Å². The molecule has 15 heavy (non-hydrogen) atoms. The molecule has 1 aromatic carbocycles. The number of benzene rings is 1. The molecule has 1 fully saturated rings. The van der Waals surface area contributed by atoms with Crippen LogP contribution in [0.5, 0.6) is 5.75 Å². The fourth-order valence-electron chi connectivity index (χ4n) is 2.06. The van der Waals surface area contributed by atoms with Crippen LogP contribution in [0.1, 0.15) is 31.4 Å². The van der Waals surface area contributed by atoms with Crippen LogP contribution in [0.2, 0.25) is 0 Å². The van der Waals surface area contributed by atoms with Crippen molar-refractivity contribution in [2.75, 3.05) is 18.0 Å². The SMILES string of the molecule is CC(O)c1ccc(N2CCCC2)cc1O. The number of nitrogens with zero attached hydrogens (tertiary/aromatic N) is 1. The predicted octanol–water partition coefficient (Wildman–Crippen LogP) is 2.05. The number of hydrogen-bond donors (Lipinski definition) is 2. The second kappa shape index (κ2) is 4.11. The maximum absolute atomic E-state index is 9.74. The van der Waals surface area contributed by atoms with E-state index in [1.165, 1.54) is 12.8 Å². The Morgan fingerprint density at radius 2 is 1.93 bits per heavy atom. The van der Waals surface area contributed by atoms with Crippen LogP contribution in [0.3, 0.4) is 0 Å². The second-order valence-corrected chi connectivity index (χ2v) is 4.11. The van der Waals surface area contributed by atoms with Gasteiger partial charge in [0.2, 0.25) is 0 Å². The third-order valence-corrected chi connectivity index (χ3v) is 2.94. The fourth-order valence-corrected chi connectivity index (χ4v) is 2.06. The zero-order chi connectivity index (χ0) is 10.8. The second-order valence-electron chi connectivity index (χ2n) is 4.11. The number of aromatic hydroxyl groups is 1. The molecule has 0 amide bonds. The van der Waals surface area contributed by atoms with Gasteiger partial charge in [0.05, 0.1) is 6.10 Å². The van der Waals surface area contributed by atoms with Crippen LogP contribution in [0.25, 0.3) is 0 Å². The monoisotopic (exact) mass is 207 g/mol. The lowest BCUT2D eigenvalue weighted by Gasteiger charge is -2.19. The predicted molar refractivity (Wildman–Crippen MR) is 60.2 cm³/mol. The molecule has 0 aromatic heterocycles. The summed E-state index contributed by atoms with van der Waals surface area (Å²) in [7, 11) is 0. The minimum Gasteiger partial charge on any atom is -0.507 e. The minimum atomic E-state index is -0.613. The number of phenolic OH excluding ortho intramolecular Hbond substituents is 1. The Hall–Kier alpha value is -1.22. The summed E-state index contributed by atoms with van der Waals surface area (Å²) in [6.07, 6.45) is 1.83. The number of phenols is 1. The number of rotatable bonds is 2. The molecule has 1 unspecified atom stereocenters. The highest BCUT2D eigenvalue weighted by Gasteiger charge is 2.14. The summed E-state index contributed by atoms with van der Waals surface area (Å²) in [5, 5.41) is 19.1. The lowest BCUT2D eigenvalue weighted by molar-refractivity contribution is 0.195. The fraction of sp³-hybridized carbons (Fsp3) is 0.500. The molecule has 1 aliphatic heterocycles. The smallest absolute Gasteiger partial charge is 0.123 e. The van der Waals surface area contributed by atoms with Crippen molar-refractivity contribution in [2.45, 2.75) is 25.9 Å². The van der Waals surface area contributed by atoms with E-state index in [2.05, 4.69) is 4.90 Å². The summed E-state index contributed by atoms with van der Waals surface area (Å²) in [5.74, 6) is 0.189. The average molecular weight is 207 g/mol. The van der Waals surface area contributed by atoms with E-state index in [1.807, 2.05) is 6.07 Å². The lowest BCUT2D eigenvalue weighted by atomic mass is 10.1. The van der Waals surface area contributed by atoms with E-state index in [4.69, 9.17) is 0 Å². The van der Waals surface area contributed by atoms with Crippen molar-refractivity contribution in [1.82, 2.24) is 0 Å². The van der Waals surface area contributed by atoms with Gasteiger partial charge in [-0.1, -0.05) is 6.07 Å². The molecule has 0 bridgehead atoms. The van der Waals surface area contributed by atoms with Crippen molar-refractivity contribution < 1.29 is 10.2 Å². The molecule has 3 heteroatoms. The number of hydrogen-bond acceptors (Lipinski definition) is 3. The molecule has 1 aromatic rings. The standard InChI is InChI=1S/C12H17NO2/c1-9(14)11-5-4-10(8-12(11)15)13-6-2-3-7-13/h4-5,8-9,14-15H,2-3,6-7H2,1H3. The van der Waals surface area contributed by atoms with Gasteiger partial charge in [-0.05, 0) is 25.8 Å². The Morgan fingerprint density at radius 3 is 2.47 bits per heavy atom. The summed E-state index contributed by atoms with van der Waals surface area (Å²) in [6, 6.07) is 5.51. The van der Waals surface area contributed by atoms with E-state index in [0.717, 1.165) is 18.8 Å². The van der Waals surface area contributed by atoms with Crippen LogP contribution in [0.4, 0.5) is 5.69 Å². The van der Waals surface area contributed by atoms with E-state index < -0.39 is 6.10 Å². The zero-order valence-electron chi connectivity index (χ0n) is 8.98. The molecule has 0 spiro atoms. The molecule has 0 radical (unpaired) electrons. The van der Waals surface area contributed by atoms with E-state index in [1.54, 1.807) is 19.1 Å². The minimum absolute atomic E-state index is 0.189. The van der Waals surface area contributed by atoms with Gasteiger partial charge in [-0.15, -0.1) is 0 Å². The van der Waals surface area contributed by atoms with Gasteiger partial charge >= 0.3 is 0 Å². The topological polar surface area (TPSA) is 43.7 Å². The lowest BCUT2D eigenvalue weighted by Crippen LogP contribution is -2.17. The molecule has 1 atom stereocenters. The van der Waals surface area contributed by atoms with Crippen molar-refractivity contribution in [3.8, 4) is 5.75 Å². The first-order valence-corrected chi connectivity index (χ1v) is 5.44. The number of aliphatic hydroxyl groups excluding tert-OH is 1. The summed E-state index contributed by atoms with van der Waals surface area (Å²) >= 11 is 0. The van der Waals surface area contributed by atoms with Gasteiger partial charge in [0.1, 0.15) is 5.75 Å². The summed E-state index contributed by atoms with van der Waals surface area (Å²) in [4.78, 5) is 2.26. The average Bonchev–Trinajstić information content (AvgIpc) is 2.69. The summed E-state index contributed by atoms with van der Waals surface area (Å²) in [5.41, 5.74) is 1.65. The van der Waals surface area contributed by atoms with Crippen molar-refractivity contribution >= 4 is 5.69 Å². The summed E-state index contributed by atoms with van der Waals surface area (Å²) < 4.78 is 0. The van der Waals surface area contributed by atoms with Crippen LogP contribution in [-0.4, -0.2) is 23.3 Å². The Kier molecular flexibility index (Phi) is 2.82. The third kappa shape index (κ3) is 2.07. The highest BCUT2D eigenvalue weighted by molar-refractivity contribution is 5.54. The molecular weight excluding hydrogens is 190 g/mol. The number of aliphatic hydroxyl groups is 1. The molecule has 3 nitrogen and oxygen atoms in total.